The Morgan fingerprint density at radius 3 is 1.94 bits per heavy atom. The third kappa shape index (κ3) is 4.92. The number of hydrogen-bond donors (Lipinski definition) is 0. The zero-order valence-electron chi connectivity index (χ0n) is 20.9. The third-order valence-electron chi connectivity index (χ3n) is 7.18. The molecule has 0 amide bonds. The largest absolute Gasteiger partial charge is 0.455 e. The number of aryl methyl sites for hydroxylation is 1. The van der Waals surface area contributed by atoms with Gasteiger partial charge in [-0.1, -0.05) is 98.4 Å². The van der Waals surface area contributed by atoms with Gasteiger partial charge in [0.2, 0.25) is 0 Å². The molecule has 1 saturated heterocycles. The highest BCUT2D eigenvalue weighted by Gasteiger charge is 2.54. The van der Waals surface area contributed by atoms with E-state index < -0.39 is 8.07 Å². The summed E-state index contributed by atoms with van der Waals surface area (Å²) in [6.07, 6.45) is 2.46. The van der Waals surface area contributed by atoms with E-state index in [9.17, 15) is 0 Å². The van der Waals surface area contributed by atoms with Gasteiger partial charge in [0.15, 0.2) is 0 Å². The molecule has 1 aliphatic heterocycles. The van der Waals surface area contributed by atoms with Gasteiger partial charge >= 0.3 is 7.12 Å². The lowest BCUT2D eigenvalue weighted by atomic mass is 9.90. The first kappa shape index (κ1) is 24.0. The van der Waals surface area contributed by atoms with Gasteiger partial charge in [-0.15, -0.1) is 0 Å². The van der Waals surface area contributed by atoms with Gasteiger partial charge in [0.1, 0.15) is 8.07 Å². The normalized spacial score (nSPS) is 20.5. The first-order chi connectivity index (χ1) is 14.3. The van der Waals surface area contributed by atoms with E-state index in [1.54, 1.807) is 0 Å². The monoisotopic (exact) mass is 434 g/mol. The van der Waals surface area contributed by atoms with Crippen LogP contribution in [-0.2, 0) is 9.31 Å². The van der Waals surface area contributed by atoms with Crippen LogP contribution in [0.15, 0.2) is 59.8 Å². The maximum atomic E-state index is 6.50. The van der Waals surface area contributed by atoms with Gasteiger partial charge in [0.05, 0.1) is 11.2 Å². The van der Waals surface area contributed by atoms with Crippen LogP contribution in [0.25, 0.3) is 6.08 Å². The first-order valence-electron chi connectivity index (χ1n) is 11.5. The molecule has 1 aliphatic rings. The molecule has 4 heteroatoms. The summed E-state index contributed by atoms with van der Waals surface area (Å²) >= 11 is 0. The predicted octanol–water partition coefficient (Wildman–Crippen LogP) is 6.58. The SMILES string of the molecule is Cc1ccccc1/C=C(\C(C)(C)C)[Si](C)(CB1OC(C)(C)C(C)(C)O1)c1ccccc1. The standard InChI is InChI=1S/C27H39BO2Si/c1-21-15-13-14-16-22(21)19-24(25(2,3)4)31(9,23-17-11-10-12-18-23)20-28-29-26(5,6)27(7,8)30-28/h10-19H,20H2,1-9H3/b24-19+. The van der Waals surface area contributed by atoms with Crippen molar-refractivity contribution in [2.45, 2.75) is 79.1 Å². The van der Waals surface area contributed by atoms with Gasteiger partial charge in [-0.05, 0) is 57.1 Å². The van der Waals surface area contributed by atoms with Crippen molar-refractivity contribution in [1.82, 2.24) is 0 Å². The summed E-state index contributed by atoms with van der Waals surface area (Å²) in [4.78, 5) is 0. The van der Waals surface area contributed by atoms with Crippen molar-refractivity contribution >= 4 is 26.5 Å². The molecule has 1 atom stereocenters. The van der Waals surface area contributed by atoms with Gasteiger partial charge in [-0.2, -0.15) is 0 Å². The fourth-order valence-electron chi connectivity index (χ4n) is 4.68. The lowest BCUT2D eigenvalue weighted by Gasteiger charge is -2.39. The van der Waals surface area contributed by atoms with Crippen molar-refractivity contribution < 1.29 is 9.31 Å². The summed E-state index contributed by atoms with van der Waals surface area (Å²) in [6.45, 7) is 20.3. The van der Waals surface area contributed by atoms with E-state index in [1.165, 1.54) is 21.5 Å². The lowest BCUT2D eigenvalue weighted by Crippen LogP contribution is -2.53. The quantitative estimate of drug-likeness (QED) is 0.495. The Morgan fingerprint density at radius 1 is 0.903 bits per heavy atom. The molecule has 1 heterocycles. The zero-order valence-corrected chi connectivity index (χ0v) is 21.9. The van der Waals surface area contributed by atoms with E-state index in [2.05, 4.69) is 123 Å². The molecule has 0 bridgehead atoms. The number of hydrogen-bond acceptors (Lipinski definition) is 2. The van der Waals surface area contributed by atoms with E-state index >= 15 is 0 Å². The Bertz CT molecular complexity index is 927. The molecule has 1 unspecified atom stereocenters. The summed E-state index contributed by atoms with van der Waals surface area (Å²) < 4.78 is 13.0. The van der Waals surface area contributed by atoms with E-state index in [0.717, 1.165) is 5.94 Å². The summed E-state index contributed by atoms with van der Waals surface area (Å²) in [6, 6.07) is 19.7. The lowest BCUT2D eigenvalue weighted by molar-refractivity contribution is 0.00578. The minimum absolute atomic E-state index is 0.0305. The molecule has 2 nitrogen and oxygen atoms in total. The maximum Gasteiger partial charge on any atom is 0.455 e. The molecular formula is C27H39BO2Si. The molecule has 0 N–H and O–H groups in total. The van der Waals surface area contributed by atoms with Crippen molar-refractivity contribution in [1.29, 1.82) is 0 Å². The molecule has 2 aromatic carbocycles. The van der Waals surface area contributed by atoms with Crippen molar-refractivity contribution in [3.8, 4) is 0 Å². The molecule has 1 fully saturated rings. The average Bonchev–Trinajstić information content (AvgIpc) is 2.86. The van der Waals surface area contributed by atoms with Gasteiger partial charge in [-0.25, -0.2) is 0 Å². The summed E-state index contributed by atoms with van der Waals surface area (Å²) in [7, 11) is -2.38. The second kappa shape index (κ2) is 8.38. The molecule has 166 valence electrons. The highest BCUT2D eigenvalue weighted by atomic mass is 28.3. The molecule has 2 aromatic rings. The van der Waals surface area contributed by atoms with Crippen molar-refractivity contribution in [3.63, 3.8) is 0 Å². The van der Waals surface area contributed by atoms with Crippen molar-refractivity contribution in [3.05, 3.63) is 70.9 Å². The van der Waals surface area contributed by atoms with Crippen LogP contribution in [0.4, 0.5) is 0 Å². The molecule has 0 aromatic heterocycles. The van der Waals surface area contributed by atoms with Crippen LogP contribution < -0.4 is 5.19 Å². The smallest absolute Gasteiger partial charge is 0.403 e. The fraction of sp³-hybridized carbons (Fsp3) is 0.481. The predicted molar refractivity (Wildman–Crippen MR) is 137 cm³/mol. The topological polar surface area (TPSA) is 18.5 Å². The van der Waals surface area contributed by atoms with E-state index in [1.807, 2.05) is 0 Å². The molecule has 0 radical (unpaired) electrons. The zero-order chi connectivity index (χ0) is 23.1. The number of allylic oxidation sites excluding steroid dienone is 1. The van der Waals surface area contributed by atoms with Crippen LogP contribution in [0, 0.1) is 12.3 Å². The number of benzene rings is 2. The summed E-state index contributed by atoms with van der Waals surface area (Å²) in [5.74, 6) is 0.902. The van der Waals surface area contributed by atoms with Gasteiger partial charge in [-0.3, -0.25) is 0 Å². The van der Waals surface area contributed by atoms with Crippen molar-refractivity contribution in [2.75, 3.05) is 0 Å². The first-order valence-corrected chi connectivity index (χ1v) is 14.2. The molecule has 0 saturated carbocycles. The van der Waals surface area contributed by atoms with Crippen LogP contribution >= 0.6 is 0 Å². The average molecular weight is 435 g/mol. The Balaban J connectivity index is 2.14. The van der Waals surface area contributed by atoms with Crippen molar-refractivity contribution in [2.24, 2.45) is 5.41 Å². The molecule has 0 spiro atoms. The maximum absolute atomic E-state index is 6.50. The fourth-order valence-corrected chi connectivity index (χ4v) is 9.34. The number of rotatable bonds is 5. The van der Waals surface area contributed by atoms with Gasteiger partial charge in [0.25, 0.3) is 0 Å². The molecule has 31 heavy (non-hydrogen) atoms. The molecular weight excluding hydrogens is 395 g/mol. The van der Waals surface area contributed by atoms with E-state index in [4.69, 9.17) is 9.31 Å². The van der Waals surface area contributed by atoms with Crippen LogP contribution in [0.2, 0.25) is 12.5 Å². The summed E-state index contributed by atoms with van der Waals surface area (Å²) in [5, 5.41) is 2.95. The van der Waals surface area contributed by atoms with Crippen LogP contribution in [0.5, 0.6) is 0 Å². The third-order valence-corrected chi connectivity index (χ3v) is 12.0. The highest BCUT2D eigenvalue weighted by molar-refractivity contribution is 7.02. The second-order valence-electron chi connectivity index (χ2n) is 11.3. The minimum Gasteiger partial charge on any atom is -0.403 e. The Hall–Kier alpha value is -1.62. The molecule has 3 rings (SSSR count). The second-order valence-corrected chi connectivity index (χ2v) is 15.4. The van der Waals surface area contributed by atoms with Gasteiger partial charge in [0, 0.05) is 0 Å². The van der Waals surface area contributed by atoms with E-state index in [0.29, 0.717) is 0 Å². The van der Waals surface area contributed by atoms with Crippen LogP contribution in [-0.4, -0.2) is 26.4 Å². The van der Waals surface area contributed by atoms with E-state index in [-0.39, 0.29) is 23.7 Å². The Morgan fingerprint density at radius 2 is 1.42 bits per heavy atom. The molecule has 0 aliphatic carbocycles. The van der Waals surface area contributed by atoms with Crippen LogP contribution in [0.1, 0.15) is 59.6 Å². The Kier molecular flexibility index (Phi) is 6.50. The Labute approximate surface area is 191 Å². The van der Waals surface area contributed by atoms with Gasteiger partial charge < -0.3 is 9.31 Å². The summed E-state index contributed by atoms with van der Waals surface area (Å²) in [5.41, 5.74) is 2.01. The minimum atomic E-state index is -2.18. The van der Waals surface area contributed by atoms with Crippen LogP contribution in [0.3, 0.4) is 0 Å². The highest BCUT2D eigenvalue weighted by Crippen LogP contribution is 2.42.